The second kappa shape index (κ2) is 10.3. The first kappa shape index (κ1) is 23.0. The highest BCUT2D eigenvalue weighted by Crippen LogP contribution is 2.43. The number of piperidine rings is 3. The van der Waals surface area contributed by atoms with Gasteiger partial charge in [0.2, 0.25) is 5.91 Å². The molecule has 3 aliphatic rings. The van der Waals surface area contributed by atoms with E-state index in [9.17, 15) is 14.0 Å². The molecule has 2 aromatic rings. The largest absolute Gasteiger partial charge is 0.335 e. The number of amides is 2. The zero-order valence-electron chi connectivity index (χ0n) is 19.7. The van der Waals surface area contributed by atoms with Gasteiger partial charge in [0, 0.05) is 30.7 Å². The molecule has 4 atom stereocenters. The molecule has 3 fully saturated rings. The predicted octanol–water partition coefficient (Wildman–Crippen LogP) is 4.95. The van der Waals surface area contributed by atoms with Crippen LogP contribution < -0.4 is 5.32 Å². The van der Waals surface area contributed by atoms with Crippen molar-refractivity contribution >= 4 is 17.5 Å². The summed E-state index contributed by atoms with van der Waals surface area (Å²) in [5.41, 5.74) is 0.964. The first-order valence-electron chi connectivity index (χ1n) is 12.8. The van der Waals surface area contributed by atoms with E-state index in [1.54, 1.807) is 18.2 Å². The summed E-state index contributed by atoms with van der Waals surface area (Å²) in [4.78, 5) is 30.7. The molecule has 0 radical (unpaired) electrons. The zero-order valence-corrected chi connectivity index (χ0v) is 19.7. The molecule has 3 aliphatic heterocycles. The van der Waals surface area contributed by atoms with Crippen molar-refractivity contribution in [2.45, 2.75) is 57.0 Å². The first-order chi connectivity index (χ1) is 16.6. The maximum atomic E-state index is 14.6. The number of nitrogens with zero attached hydrogens (tertiary/aromatic N) is 2. The van der Waals surface area contributed by atoms with Crippen molar-refractivity contribution in [3.8, 4) is 0 Å². The van der Waals surface area contributed by atoms with E-state index in [-0.39, 0.29) is 23.4 Å². The Morgan fingerprint density at radius 3 is 2.50 bits per heavy atom. The van der Waals surface area contributed by atoms with Gasteiger partial charge in [-0.2, -0.15) is 0 Å². The number of likely N-dealkylation sites (tertiary alicyclic amines) is 1. The molecular weight excluding hydrogens is 429 g/mol. The van der Waals surface area contributed by atoms with Gasteiger partial charge in [0.15, 0.2) is 0 Å². The van der Waals surface area contributed by atoms with Crippen molar-refractivity contribution in [3.63, 3.8) is 0 Å². The van der Waals surface area contributed by atoms with Crippen LogP contribution in [0.25, 0.3) is 0 Å². The lowest BCUT2D eigenvalue weighted by atomic mass is 9.69. The molecule has 180 valence electrons. The molecule has 3 saturated heterocycles. The van der Waals surface area contributed by atoms with E-state index < -0.39 is 5.82 Å². The van der Waals surface area contributed by atoms with Gasteiger partial charge in [-0.05, 0) is 87.7 Å². The van der Waals surface area contributed by atoms with Crippen molar-refractivity contribution in [2.24, 2.45) is 11.8 Å². The van der Waals surface area contributed by atoms with Crippen LogP contribution in [-0.4, -0.2) is 53.3 Å². The van der Waals surface area contributed by atoms with Crippen molar-refractivity contribution in [1.29, 1.82) is 0 Å². The Kier molecular flexibility index (Phi) is 6.95. The highest BCUT2D eigenvalue weighted by molar-refractivity contribution is 5.95. The first-order valence-corrected chi connectivity index (χ1v) is 12.8. The quantitative estimate of drug-likeness (QED) is 0.660. The number of carbonyl (C=O) groups is 2. The Bertz CT molecular complexity index is 1010. The van der Waals surface area contributed by atoms with Gasteiger partial charge in [-0.3, -0.25) is 14.5 Å². The molecule has 0 spiro atoms. The maximum absolute atomic E-state index is 14.6. The molecule has 0 bridgehead atoms. The number of carbonyl (C=O) groups excluding carboxylic acids is 2. The minimum atomic E-state index is -0.454. The van der Waals surface area contributed by atoms with E-state index >= 15 is 0 Å². The SMILES string of the molecule is O=C(CCC[C@@H]1[C@H]2CCCN3CCC[C@@H](CN1C(=O)c1ccccc1F)[C@@H]23)Nc1ccccc1. The van der Waals surface area contributed by atoms with Crippen LogP contribution in [0.1, 0.15) is 55.3 Å². The zero-order chi connectivity index (χ0) is 23.5. The molecule has 0 saturated carbocycles. The van der Waals surface area contributed by atoms with E-state index in [0.717, 1.165) is 44.5 Å². The third kappa shape index (κ3) is 4.74. The van der Waals surface area contributed by atoms with Crippen LogP contribution in [0.5, 0.6) is 0 Å². The lowest BCUT2D eigenvalue weighted by Gasteiger charge is -2.57. The van der Waals surface area contributed by atoms with Crippen molar-refractivity contribution < 1.29 is 14.0 Å². The molecule has 0 aromatic heterocycles. The van der Waals surface area contributed by atoms with Crippen LogP contribution in [0.4, 0.5) is 10.1 Å². The van der Waals surface area contributed by atoms with Gasteiger partial charge in [0.25, 0.3) is 5.91 Å². The maximum Gasteiger partial charge on any atom is 0.257 e. The second-order valence-electron chi connectivity index (χ2n) is 10.0. The number of anilines is 1. The fraction of sp³-hybridized carbons (Fsp3) is 0.500. The number of hydrogen-bond donors (Lipinski definition) is 1. The summed E-state index contributed by atoms with van der Waals surface area (Å²) in [5.74, 6) is 0.186. The smallest absolute Gasteiger partial charge is 0.257 e. The Hall–Kier alpha value is -2.73. The Morgan fingerprint density at radius 2 is 1.71 bits per heavy atom. The van der Waals surface area contributed by atoms with E-state index in [4.69, 9.17) is 0 Å². The molecule has 3 heterocycles. The Labute approximate surface area is 201 Å². The number of benzene rings is 2. The van der Waals surface area contributed by atoms with E-state index in [1.807, 2.05) is 35.2 Å². The fourth-order valence-corrected chi connectivity index (χ4v) is 6.60. The summed E-state index contributed by atoms with van der Waals surface area (Å²) < 4.78 is 14.6. The van der Waals surface area contributed by atoms with Gasteiger partial charge < -0.3 is 10.2 Å². The lowest BCUT2D eigenvalue weighted by molar-refractivity contribution is -0.116. The molecule has 1 N–H and O–H groups in total. The number of hydrogen-bond acceptors (Lipinski definition) is 3. The monoisotopic (exact) mass is 463 g/mol. The summed E-state index contributed by atoms with van der Waals surface area (Å²) in [6.45, 7) is 2.97. The summed E-state index contributed by atoms with van der Waals surface area (Å²) >= 11 is 0. The third-order valence-electron chi connectivity index (χ3n) is 8.00. The number of halogens is 1. The predicted molar refractivity (Wildman–Crippen MR) is 131 cm³/mol. The molecule has 0 aliphatic carbocycles. The molecular formula is C28H34FN3O2. The summed E-state index contributed by atoms with van der Waals surface area (Å²) in [5, 5.41) is 2.96. The van der Waals surface area contributed by atoms with Crippen LogP contribution >= 0.6 is 0 Å². The Morgan fingerprint density at radius 1 is 0.971 bits per heavy atom. The van der Waals surface area contributed by atoms with Crippen molar-refractivity contribution in [2.75, 3.05) is 25.0 Å². The second-order valence-corrected chi connectivity index (χ2v) is 10.0. The van der Waals surface area contributed by atoms with Crippen molar-refractivity contribution in [1.82, 2.24) is 9.80 Å². The molecule has 2 amide bonds. The number of rotatable bonds is 6. The average molecular weight is 464 g/mol. The number of para-hydroxylation sites is 1. The average Bonchev–Trinajstić information content (AvgIpc) is 2.86. The highest BCUT2D eigenvalue weighted by atomic mass is 19.1. The van der Waals surface area contributed by atoms with Crippen LogP contribution in [0, 0.1) is 17.7 Å². The molecule has 5 nitrogen and oxygen atoms in total. The van der Waals surface area contributed by atoms with Gasteiger partial charge in [0.1, 0.15) is 5.82 Å². The van der Waals surface area contributed by atoms with Gasteiger partial charge in [0.05, 0.1) is 5.56 Å². The van der Waals surface area contributed by atoms with Gasteiger partial charge in [-0.1, -0.05) is 30.3 Å². The number of nitrogens with one attached hydrogen (secondary N) is 1. The molecule has 2 aromatic carbocycles. The van der Waals surface area contributed by atoms with Crippen LogP contribution in [0.2, 0.25) is 0 Å². The van der Waals surface area contributed by atoms with Crippen molar-refractivity contribution in [3.05, 3.63) is 66.0 Å². The van der Waals surface area contributed by atoms with Crippen LogP contribution in [-0.2, 0) is 4.79 Å². The van der Waals surface area contributed by atoms with Gasteiger partial charge in [-0.15, -0.1) is 0 Å². The molecule has 6 heteroatoms. The van der Waals surface area contributed by atoms with Gasteiger partial charge >= 0.3 is 0 Å². The van der Waals surface area contributed by atoms with E-state index in [0.29, 0.717) is 37.3 Å². The summed E-state index contributed by atoms with van der Waals surface area (Å²) in [7, 11) is 0. The van der Waals surface area contributed by atoms with E-state index in [2.05, 4.69) is 10.2 Å². The topological polar surface area (TPSA) is 52.7 Å². The minimum absolute atomic E-state index is 0.00481. The van der Waals surface area contributed by atoms with Crippen LogP contribution in [0.15, 0.2) is 54.6 Å². The molecule has 0 unspecified atom stereocenters. The summed E-state index contributed by atoms with van der Waals surface area (Å²) in [6.07, 6.45) is 6.42. The van der Waals surface area contributed by atoms with Gasteiger partial charge in [-0.25, -0.2) is 4.39 Å². The lowest BCUT2D eigenvalue weighted by Crippen LogP contribution is -2.65. The normalized spacial score (nSPS) is 26.6. The standard InChI is InChI=1S/C28H34FN3O2/c29-24-14-5-4-12-22(24)28(34)32-19-20-9-7-17-31-18-8-13-23(27(20)31)25(32)15-6-16-26(33)30-21-10-2-1-3-11-21/h1-5,10-12,14,20,23,25,27H,6-9,13,15-19H2,(H,30,33)/t20-,23+,25+,27-/m0/s1. The molecule has 5 rings (SSSR count). The van der Waals surface area contributed by atoms with E-state index in [1.165, 1.54) is 12.5 Å². The minimum Gasteiger partial charge on any atom is -0.335 e. The molecule has 34 heavy (non-hydrogen) atoms. The fourth-order valence-electron chi connectivity index (χ4n) is 6.60. The van der Waals surface area contributed by atoms with Crippen LogP contribution in [0.3, 0.4) is 0 Å². The summed E-state index contributed by atoms with van der Waals surface area (Å²) in [6, 6.07) is 16.4. The highest BCUT2D eigenvalue weighted by Gasteiger charge is 2.49. The Balaban J connectivity index is 1.33. The third-order valence-corrected chi connectivity index (χ3v) is 8.00.